The van der Waals surface area contributed by atoms with Crippen molar-refractivity contribution in [3.8, 4) is 0 Å². The van der Waals surface area contributed by atoms with Crippen LogP contribution in [0.15, 0.2) is 28.5 Å². The summed E-state index contributed by atoms with van der Waals surface area (Å²) >= 11 is -0.287. The summed E-state index contributed by atoms with van der Waals surface area (Å²) in [6.07, 6.45) is 0. The molecule has 2 aromatic heterocycles. The van der Waals surface area contributed by atoms with Crippen molar-refractivity contribution in [2.45, 2.75) is 0 Å². The molecule has 0 unspecified atom stereocenters. The molecule has 3 rings (SSSR count). The molecule has 62 valence electrons. The van der Waals surface area contributed by atoms with E-state index in [0.29, 0.717) is 0 Å². The van der Waals surface area contributed by atoms with Gasteiger partial charge in [0.15, 0.2) is 0 Å². The van der Waals surface area contributed by atoms with Crippen LogP contribution in [0.3, 0.4) is 0 Å². The van der Waals surface area contributed by atoms with E-state index in [4.69, 9.17) is 0 Å². The Kier molecular flexibility index (Phi) is 1.58. The summed E-state index contributed by atoms with van der Waals surface area (Å²) in [7, 11) is 0. The van der Waals surface area contributed by atoms with E-state index in [9.17, 15) is 0 Å². The van der Waals surface area contributed by atoms with Crippen molar-refractivity contribution in [3.05, 3.63) is 28.5 Å². The molecule has 0 atom stereocenters. The van der Waals surface area contributed by atoms with Crippen molar-refractivity contribution in [3.63, 3.8) is 0 Å². The molecule has 0 aliphatic carbocycles. The van der Waals surface area contributed by atoms with Gasteiger partial charge in [0.05, 0.1) is 0 Å². The van der Waals surface area contributed by atoms with Crippen molar-refractivity contribution >= 4 is 40.6 Å². The van der Waals surface area contributed by atoms with Gasteiger partial charge >= 0.3 is 84.1 Å². The van der Waals surface area contributed by atoms with Crippen molar-refractivity contribution < 1.29 is 0 Å². The number of rotatable bonds is 0. The monoisotopic (exact) mass is 285 g/mol. The van der Waals surface area contributed by atoms with Crippen LogP contribution >= 0.6 is 0 Å². The quantitative estimate of drug-likeness (QED) is 0.582. The van der Waals surface area contributed by atoms with Gasteiger partial charge < -0.3 is 0 Å². The molecule has 0 saturated heterocycles. The standard InChI is InChI=1S/C9H5N3Te/c1-2-4-7-6(3-1)11-8-9(12-7)13-5-10-8/h1-5H. The number of fused-ring (bicyclic) bond motifs is 2. The van der Waals surface area contributed by atoms with E-state index < -0.39 is 0 Å². The first-order valence-corrected chi connectivity index (χ1v) is 6.40. The van der Waals surface area contributed by atoms with Gasteiger partial charge in [0.25, 0.3) is 0 Å². The average molecular weight is 283 g/mol. The second-order valence-electron chi connectivity index (χ2n) is 2.69. The molecule has 0 fully saturated rings. The van der Waals surface area contributed by atoms with Gasteiger partial charge in [-0.25, -0.2) is 0 Å². The van der Waals surface area contributed by atoms with Crippen LogP contribution < -0.4 is 0 Å². The zero-order chi connectivity index (χ0) is 8.67. The van der Waals surface area contributed by atoms with E-state index >= 15 is 0 Å². The fourth-order valence-corrected chi connectivity index (χ4v) is 3.00. The van der Waals surface area contributed by atoms with Crippen LogP contribution in [0.5, 0.6) is 0 Å². The van der Waals surface area contributed by atoms with Crippen LogP contribution in [0.1, 0.15) is 0 Å². The van der Waals surface area contributed by atoms with Gasteiger partial charge in [0, 0.05) is 0 Å². The van der Waals surface area contributed by atoms with E-state index in [2.05, 4.69) is 15.0 Å². The van der Waals surface area contributed by atoms with Gasteiger partial charge in [-0.1, -0.05) is 0 Å². The number of nitrogens with zero attached hydrogens (tertiary/aromatic N) is 3. The first-order valence-electron chi connectivity index (χ1n) is 3.89. The molecular formula is C9H5N3Te. The second-order valence-corrected chi connectivity index (χ2v) is 5.07. The van der Waals surface area contributed by atoms with Crippen molar-refractivity contribution in [1.29, 1.82) is 0 Å². The number of benzene rings is 1. The Morgan fingerprint density at radius 1 is 1.00 bits per heavy atom. The predicted molar refractivity (Wildman–Crippen MR) is 51.8 cm³/mol. The average Bonchev–Trinajstić information content (AvgIpc) is 2.61. The summed E-state index contributed by atoms with van der Waals surface area (Å²) in [5.74, 6) is 0. The van der Waals surface area contributed by atoms with E-state index in [0.717, 1.165) is 20.2 Å². The number of hydrogen-bond donors (Lipinski definition) is 0. The normalized spacial score (nSPS) is 11.1. The number of para-hydroxylation sites is 2. The van der Waals surface area contributed by atoms with Gasteiger partial charge in [-0.15, -0.1) is 0 Å². The summed E-state index contributed by atoms with van der Waals surface area (Å²) in [5, 5.41) is 0. The number of aromatic nitrogens is 3. The van der Waals surface area contributed by atoms with Crippen molar-refractivity contribution in [2.24, 2.45) is 0 Å². The molecule has 2 heterocycles. The molecule has 4 heteroatoms. The first kappa shape index (κ1) is 7.43. The maximum absolute atomic E-state index is 4.53. The van der Waals surface area contributed by atoms with E-state index in [-0.39, 0.29) is 20.4 Å². The Labute approximate surface area is 84.1 Å². The number of hydrogen-bond acceptors (Lipinski definition) is 3. The zero-order valence-electron chi connectivity index (χ0n) is 6.64. The van der Waals surface area contributed by atoms with Gasteiger partial charge in [0.1, 0.15) is 0 Å². The third kappa shape index (κ3) is 1.14. The van der Waals surface area contributed by atoms with Gasteiger partial charge in [-0.3, -0.25) is 0 Å². The maximum atomic E-state index is 4.53. The predicted octanol–water partition coefficient (Wildman–Crippen LogP) is 1.23. The first-order chi connectivity index (χ1) is 6.43. The molecule has 0 aliphatic rings. The third-order valence-corrected chi connectivity index (χ3v) is 3.88. The third-order valence-electron chi connectivity index (χ3n) is 1.86. The van der Waals surface area contributed by atoms with Crippen LogP contribution in [0.25, 0.3) is 20.2 Å². The van der Waals surface area contributed by atoms with Gasteiger partial charge in [-0.2, -0.15) is 0 Å². The SMILES string of the molecule is c1ccc2nc3[te]cnc3nc2c1. The summed E-state index contributed by atoms with van der Waals surface area (Å²) < 4.78 is 3.10. The Morgan fingerprint density at radius 2 is 1.77 bits per heavy atom. The molecule has 1 aromatic carbocycles. The fourth-order valence-electron chi connectivity index (χ4n) is 1.26. The van der Waals surface area contributed by atoms with Gasteiger partial charge in [-0.05, 0) is 0 Å². The van der Waals surface area contributed by atoms with Crippen LogP contribution in [-0.2, 0) is 0 Å². The van der Waals surface area contributed by atoms with Crippen LogP contribution in [0, 0.1) is 0 Å². The minimum atomic E-state index is -0.287. The molecule has 0 amide bonds. The summed E-state index contributed by atoms with van der Waals surface area (Å²) in [5.41, 5.74) is 2.76. The fraction of sp³-hybridized carbons (Fsp3) is 0. The molecule has 0 saturated carbocycles. The van der Waals surface area contributed by atoms with Crippen LogP contribution in [0.2, 0.25) is 0 Å². The summed E-state index contributed by atoms with van der Waals surface area (Å²) in [6.45, 7) is 0. The van der Waals surface area contributed by atoms with Crippen LogP contribution in [-0.4, -0.2) is 35.4 Å². The van der Waals surface area contributed by atoms with E-state index in [1.807, 2.05) is 28.5 Å². The Balaban J connectivity index is 2.57. The molecule has 3 nitrogen and oxygen atoms in total. The summed E-state index contributed by atoms with van der Waals surface area (Å²) in [6, 6.07) is 7.92. The van der Waals surface area contributed by atoms with Crippen LogP contribution in [0.4, 0.5) is 0 Å². The van der Waals surface area contributed by atoms with E-state index in [1.54, 1.807) is 0 Å². The Hall–Kier alpha value is -0.980. The molecule has 0 spiro atoms. The molecular weight excluding hydrogens is 278 g/mol. The Bertz CT molecular complexity index is 523. The molecule has 3 aromatic rings. The van der Waals surface area contributed by atoms with Crippen molar-refractivity contribution in [2.75, 3.05) is 0 Å². The molecule has 0 radical (unpaired) electrons. The van der Waals surface area contributed by atoms with Gasteiger partial charge in [0.2, 0.25) is 0 Å². The minimum absolute atomic E-state index is 0.287. The molecule has 0 bridgehead atoms. The molecule has 0 aliphatic heterocycles. The zero-order valence-corrected chi connectivity index (χ0v) is 8.97. The molecule has 13 heavy (non-hydrogen) atoms. The topological polar surface area (TPSA) is 38.7 Å². The summed E-state index contributed by atoms with van der Waals surface area (Å²) in [4.78, 5) is 13.2. The van der Waals surface area contributed by atoms with Crippen molar-refractivity contribution in [1.82, 2.24) is 15.0 Å². The molecule has 0 N–H and O–H groups in total. The Morgan fingerprint density at radius 3 is 2.62 bits per heavy atom. The second kappa shape index (κ2) is 2.76. The van der Waals surface area contributed by atoms with E-state index in [1.165, 1.54) is 0 Å².